The third-order valence-corrected chi connectivity index (χ3v) is 5.62. The molecular weight excluding hydrogens is 396 g/mol. The lowest BCUT2D eigenvalue weighted by molar-refractivity contribution is -0.117. The van der Waals surface area contributed by atoms with Crippen molar-refractivity contribution >= 4 is 40.4 Å². The van der Waals surface area contributed by atoms with Crippen molar-refractivity contribution in [1.82, 2.24) is 4.98 Å². The van der Waals surface area contributed by atoms with Gasteiger partial charge >= 0.3 is 0 Å². The zero-order valence-electron chi connectivity index (χ0n) is 14.8. The molecule has 4 rings (SSSR count). The number of carbonyl (C=O) groups is 2. The smallest absolute Gasteiger partial charge is 0.295 e. The summed E-state index contributed by atoms with van der Waals surface area (Å²) in [5, 5.41) is 12.9. The van der Waals surface area contributed by atoms with Crippen molar-refractivity contribution in [3.8, 4) is 0 Å². The molecule has 7 heteroatoms. The minimum Gasteiger partial charge on any atom is -0.503 e. The molecule has 28 heavy (non-hydrogen) atoms. The van der Waals surface area contributed by atoms with Gasteiger partial charge in [0.25, 0.3) is 5.91 Å². The first-order chi connectivity index (χ1) is 13.5. The number of nitrogens with zero attached hydrogens (tertiary/aromatic N) is 2. The first kappa shape index (κ1) is 18.4. The number of aliphatic hydroxyl groups is 1. The molecule has 0 fully saturated rings. The Labute approximate surface area is 170 Å². The van der Waals surface area contributed by atoms with Crippen LogP contribution in [0.1, 0.15) is 27.0 Å². The number of rotatable bonds is 4. The van der Waals surface area contributed by atoms with Gasteiger partial charge in [0.05, 0.1) is 16.5 Å². The molecular formula is C21H15ClN2O3S. The predicted octanol–water partition coefficient (Wildman–Crippen LogP) is 4.89. The van der Waals surface area contributed by atoms with E-state index in [4.69, 9.17) is 11.6 Å². The minimum atomic E-state index is -0.798. The largest absolute Gasteiger partial charge is 0.503 e. The summed E-state index contributed by atoms with van der Waals surface area (Å²) < 4.78 is 0. The van der Waals surface area contributed by atoms with Crippen molar-refractivity contribution in [3.63, 3.8) is 0 Å². The number of ketones is 1. The summed E-state index contributed by atoms with van der Waals surface area (Å²) >= 11 is 7.27. The van der Waals surface area contributed by atoms with Crippen LogP contribution < -0.4 is 4.90 Å². The molecule has 0 spiro atoms. The molecule has 0 saturated heterocycles. The molecule has 1 aliphatic heterocycles. The average Bonchev–Trinajstić information content (AvgIpc) is 3.30. The molecule has 0 radical (unpaired) electrons. The van der Waals surface area contributed by atoms with Gasteiger partial charge in [0.15, 0.2) is 5.76 Å². The highest BCUT2D eigenvalue weighted by Crippen LogP contribution is 2.41. The molecule has 1 atom stereocenters. The van der Waals surface area contributed by atoms with Gasteiger partial charge in [-0.2, -0.15) is 0 Å². The zero-order valence-corrected chi connectivity index (χ0v) is 16.4. The van der Waals surface area contributed by atoms with Crippen molar-refractivity contribution in [2.45, 2.75) is 13.0 Å². The standard InChI is InChI=1S/C21H15ClN2O3S/c1-12-4-2-6-16(23-12)24-18(13-7-9-14(22)10-8-13)17(20(26)21(24)27)19(25)15-5-3-11-28-15/h2-11,18,26H,1H3/t18-/m1/s1. The van der Waals surface area contributed by atoms with E-state index in [2.05, 4.69) is 4.98 Å². The number of aromatic nitrogens is 1. The van der Waals surface area contributed by atoms with Crippen LogP contribution in [0.2, 0.25) is 5.02 Å². The lowest BCUT2D eigenvalue weighted by atomic mass is 9.95. The van der Waals surface area contributed by atoms with Gasteiger partial charge in [-0.3, -0.25) is 14.5 Å². The summed E-state index contributed by atoms with van der Waals surface area (Å²) in [4.78, 5) is 32.3. The number of carbonyl (C=O) groups excluding carboxylic acids is 2. The molecule has 0 bridgehead atoms. The number of aliphatic hydroxyl groups excluding tert-OH is 1. The van der Waals surface area contributed by atoms with Crippen molar-refractivity contribution in [2.75, 3.05) is 4.90 Å². The fraction of sp³-hybridized carbons (Fsp3) is 0.0952. The zero-order chi connectivity index (χ0) is 19.8. The van der Waals surface area contributed by atoms with E-state index in [9.17, 15) is 14.7 Å². The SMILES string of the molecule is Cc1cccc(N2C(=O)C(O)=C(C(=O)c3cccs3)[C@H]2c2ccc(Cl)cc2)n1. The molecule has 1 aliphatic rings. The Kier molecular flexibility index (Phi) is 4.75. The number of aryl methyl sites for hydroxylation is 1. The van der Waals surface area contributed by atoms with Gasteiger partial charge in [-0.1, -0.05) is 35.9 Å². The Morgan fingerprint density at radius 2 is 1.89 bits per heavy atom. The molecule has 1 N–H and O–H groups in total. The van der Waals surface area contributed by atoms with Crippen molar-refractivity contribution in [2.24, 2.45) is 0 Å². The normalized spacial score (nSPS) is 16.7. The van der Waals surface area contributed by atoms with Gasteiger partial charge in [-0.05, 0) is 48.2 Å². The summed E-state index contributed by atoms with van der Waals surface area (Å²) in [5.74, 6) is -1.22. The number of benzene rings is 1. The van der Waals surface area contributed by atoms with Crippen molar-refractivity contribution in [1.29, 1.82) is 0 Å². The molecule has 0 unspecified atom stereocenters. The Balaban J connectivity index is 1.89. The first-order valence-electron chi connectivity index (χ1n) is 8.51. The number of hydrogen-bond donors (Lipinski definition) is 1. The molecule has 3 heterocycles. The number of hydrogen-bond acceptors (Lipinski definition) is 5. The summed E-state index contributed by atoms with van der Waals surface area (Å²) in [6.07, 6.45) is 0. The molecule has 0 saturated carbocycles. The maximum Gasteiger partial charge on any atom is 0.295 e. The van der Waals surface area contributed by atoms with Crippen LogP contribution in [0.15, 0.2) is 71.3 Å². The minimum absolute atomic E-state index is 0.0399. The molecule has 0 aliphatic carbocycles. The van der Waals surface area contributed by atoms with Gasteiger partial charge in [0.1, 0.15) is 5.82 Å². The van der Waals surface area contributed by atoms with Gasteiger partial charge in [-0.15, -0.1) is 11.3 Å². The van der Waals surface area contributed by atoms with Gasteiger partial charge < -0.3 is 5.11 Å². The third-order valence-electron chi connectivity index (χ3n) is 4.50. The van der Waals surface area contributed by atoms with Gasteiger partial charge in [0.2, 0.25) is 5.78 Å². The van der Waals surface area contributed by atoms with Crippen molar-refractivity contribution < 1.29 is 14.7 Å². The summed E-state index contributed by atoms with van der Waals surface area (Å²) in [6.45, 7) is 1.81. The summed E-state index contributed by atoms with van der Waals surface area (Å²) in [7, 11) is 0. The van der Waals surface area contributed by atoms with E-state index in [1.165, 1.54) is 16.2 Å². The Hall–Kier alpha value is -2.96. The fourth-order valence-corrected chi connectivity index (χ4v) is 4.04. The van der Waals surface area contributed by atoms with Crippen LogP contribution >= 0.6 is 22.9 Å². The van der Waals surface area contributed by atoms with E-state index < -0.39 is 17.7 Å². The van der Waals surface area contributed by atoms with Gasteiger partial charge in [0, 0.05) is 10.7 Å². The summed E-state index contributed by atoms with van der Waals surface area (Å²) in [6, 6.07) is 14.7. The van der Waals surface area contributed by atoms with Crippen LogP contribution in [-0.2, 0) is 4.79 Å². The van der Waals surface area contributed by atoms with E-state index in [1.54, 1.807) is 53.9 Å². The van der Waals surface area contributed by atoms with E-state index in [0.29, 0.717) is 21.3 Å². The quantitative estimate of drug-likeness (QED) is 0.622. The van der Waals surface area contributed by atoms with E-state index in [-0.39, 0.29) is 11.4 Å². The molecule has 3 aromatic rings. The van der Waals surface area contributed by atoms with Crippen LogP contribution in [0, 0.1) is 6.92 Å². The van der Waals surface area contributed by atoms with Gasteiger partial charge in [-0.25, -0.2) is 4.98 Å². The highest BCUT2D eigenvalue weighted by atomic mass is 35.5. The second kappa shape index (κ2) is 7.22. The highest BCUT2D eigenvalue weighted by molar-refractivity contribution is 7.12. The molecule has 140 valence electrons. The van der Waals surface area contributed by atoms with Crippen LogP contribution in [0.3, 0.4) is 0 Å². The molecule has 1 aromatic carbocycles. The Bertz CT molecular complexity index is 1090. The average molecular weight is 411 g/mol. The van der Waals surface area contributed by atoms with Crippen LogP contribution in [0.4, 0.5) is 5.82 Å². The molecule has 5 nitrogen and oxygen atoms in total. The van der Waals surface area contributed by atoms with E-state index in [0.717, 1.165) is 5.69 Å². The second-order valence-corrected chi connectivity index (χ2v) is 7.72. The maximum atomic E-state index is 13.1. The van der Waals surface area contributed by atoms with Crippen LogP contribution in [-0.4, -0.2) is 21.8 Å². The van der Waals surface area contributed by atoms with E-state index >= 15 is 0 Å². The maximum absolute atomic E-state index is 13.1. The number of halogens is 1. The Morgan fingerprint density at radius 1 is 1.14 bits per heavy atom. The lowest BCUT2D eigenvalue weighted by Gasteiger charge is -2.26. The molecule has 1 amide bonds. The number of amides is 1. The number of Topliss-reactive ketones (excluding diaryl/α,β-unsaturated/α-hetero) is 1. The predicted molar refractivity (Wildman–Crippen MR) is 109 cm³/mol. The van der Waals surface area contributed by atoms with Crippen LogP contribution in [0.25, 0.3) is 0 Å². The second-order valence-electron chi connectivity index (χ2n) is 6.34. The van der Waals surface area contributed by atoms with Crippen molar-refractivity contribution in [3.05, 3.63) is 92.5 Å². The monoisotopic (exact) mass is 410 g/mol. The molecule has 2 aromatic heterocycles. The number of pyridine rings is 1. The highest BCUT2D eigenvalue weighted by Gasteiger charge is 2.45. The van der Waals surface area contributed by atoms with Crippen LogP contribution in [0.5, 0.6) is 0 Å². The summed E-state index contributed by atoms with van der Waals surface area (Å²) in [5.41, 5.74) is 1.42. The van der Waals surface area contributed by atoms with E-state index in [1.807, 2.05) is 13.0 Å². The Morgan fingerprint density at radius 3 is 2.54 bits per heavy atom. The number of thiophene rings is 1. The first-order valence-corrected chi connectivity index (χ1v) is 9.77. The fourth-order valence-electron chi connectivity index (χ4n) is 3.24. The lowest BCUT2D eigenvalue weighted by Crippen LogP contribution is -2.31. The number of anilines is 1. The topological polar surface area (TPSA) is 70.5 Å². The third kappa shape index (κ3) is 3.10.